The summed E-state index contributed by atoms with van der Waals surface area (Å²) < 4.78 is 23.8. The van der Waals surface area contributed by atoms with E-state index in [1.165, 1.54) is 35.6 Å². The van der Waals surface area contributed by atoms with E-state index in [0.29, 0.717) is 11.5 Å². The number of ether oxygens (including phenoxy) is 1. The average Bonchev–Trinajstić information content (AvgIpc) is 3.24. The number of hydrogen-bond donors (Lipinski definition) is 0. The fourth-order valence-corrected chi connectivity index (χ4v) is 2.58. The summed E-state index contributed by atoms with van der Waals surface area (Å²) in [5.74, 6) is -0.349. The SMILES string of the molecule is C[C@@H](OC(=O)/C=C/c1cccc(F)c1)c1nnc(-c2cccs2)o1. The van der Waals surface area contributed by atoms with Crippen LogP contribution in [0, 0.1) is 5.82 Å². The molecule has 1 atom stereocenters. The molecule has 0 unspecified atom stereocenters. The first kappa shape index (κ1) is 16.1. The van der Waals surface area contributed by atoms with Gasteiger partial charge in [0.15, 0.2) is 6.10 Å². The third-order valence-electron chi connectivity index (χ3n) is 3.07. The van der Waals surface area contributed by atoms with Gasteiger partial charge in [-0.2, -0.15) is 0 Å². The number of nitrogens with zero attached hydrogens (tertiary/aromatic N) is 2. The van der Waals surface area contributed by atoms with Crippen molar-refractivity contribution >= 4 is 23.4 Å². The van der Waals surface area contributed by atoms with Crippen LogP contribution in [0.5, 0.6) is 0 Å². The fraction of sp³-hybridized carbons (Fsp3) is 0.118. The van der Waals surface area contributed by atoms with Gasteiger partial charge < -0.3 is 9.15 Å². The van der Waals surface area contributed by atoms with Crippen molar-refractivity contribution in [2.45, 2.75) is 13.0 Å². The molecule has 7 heteroatoms. The molecule has 0 aliphatic heterocycles. The maximum absolute atomic E-state index is 13.1. The van der Waals surface area contributed by atoms with Gasteiger partial charge in [-0.05, 0) is 42.1 Å². The third-order valence-corrected chi connectivity index (χ3v) is 3.93. The predicted octanol–water partition coefficient (Wildman–Crippen LogP) is 4.25. The lowest BCUT2D eigenvalue weighted by molar-refractivity contribution is -0.143. The van der Waals surface area contributed by atoms with Gasteiger partial charge in [0.25, 0.3) is 11.8 Å². The Morgan fingerprint density at radius 2 is 2.21 bits per heavy atom. The predicted molar refractivity (Wildman–Crippen MR) is 87.6 cm³/mol. The smallest absolute Gasteiger partial charge is 0.331 e. The van der Waals surface area contributed by atoms with Crippen molar-refractivity contribution in [3.05, 3.63) is 65.1 Å². The molecule has 0 amide bonds. The fourth-order valence-electron chi connectivity index (χ4n) is 1.94. The Labute approximate surface area is 141 Å². The number of aromatic nitrogens is 2. The largest absolute Gasteiger partial charge is 0.449 e. The molecule has 0 aliphatic carbocycles. The molecule has 2 heterocycles. The van der Waals surface area contributed by atoms with Gasteiger partial charge in [0.2, 0.25) is 0 Å². The molecule has 1 aromatic carbocycles. The van der Waals surface area contributed by atoms with Crippen molar-refractivity contribution < 1.29 is 18.3 Å². The number of hydrogen-bond acceptors (Lipinski definition) is 6. The molecule has 0 radical (unpaired) electrons. The molecule has 0 bridgehead atoms. The summed E-state index contributed by atoms with van der Waals surface area (Å²) in [7, 11) is 0. The number of thiophene rings is 1. The maximum atomic E-state index is 13.1. The van der Waals surface area contributed by atoms with E-state index in [0.717, 1.165) is 4.88 Å². The van der Waals surface area contributed by atoms with Gasteiger partial charge in [-0.25, -0.2) is 9.18 Å². The summed E-state index contributed by atoms with van der Waals surface area (Å²) in [5.41, 5.74) is 0.567. The zero-order valence-electron chi connectivity index (χ0n) is 12.7. The van der Waals surface area contributed by atoms with Crippen LogP contribution in [0.2, 0.25) is 0 Å². The quantitative estimate of drug-likeness (QED) is 0.511. The minimum atomic E-state index is -0.684. The Morgan fingerprint density at radius 3 is 2.96 bits per heavy atom. The molecule has 0 saturated heterocycles. The molecule has 2 aromatic heterocycles. The van der Waals surface area contributed by atoms with Crippen LogP contribution in [0.4, 0.5) is 4.39 Å². The van der Waals surface area contributed by atoms with Gasteiger partial charge in [-0.15, -0.1) is 21.5 Å². The minimum absolute atomic E-state index is 0.214. The first-order valence-corrected chi connectivity index (χ1v) is 8.01. The topological polar surface area (TPSA) is 65.2 Å². The minimum Gasteiger partial charge on any atom is -0.449 e. The molecule has 0 spiro atoms. The molecule has 0 saturated carbocycles. The van der Waals surface area contributed by atoms with Crippen molar-refractivity contribution in [3.8, 4) is 10.8 Å². The van der Waals surface area contributed by atoms with E-state index in [9.17, 15) is 9.18 Å². The number of benzene rings is 1. The molecule has 5 nitrogen and oxygen atoms in total. The molecule has 0 aliphatic rings. The van der Waals surface area contributed by atoms with E-state index in [4.69, 9.17) is 9.15 Å². The number of rotatable bonds is 5. The van der Waals surface area contributed by atoms with Crippen LogP contribution in [0.1, 0.15) is 24.5 Å². The summed E-state index contributed by atoms with van der Waals surface area (Å²) in [6.45, 7) is 1.64. The molecule has 3 aromatic rings. The molecular formula is C17H13FN2O3S. The van der Waals surface area contributed by atoms with Gasteiger partial charge in [-0.3, -0.25) is 0 Å². The Morgan fingerprint density at radius 1 is 1.33 bits per heavy atom. The number of esters is 1. The van der Waals surface area contributed by atoms with Crippen molar-refractivity contribution in [2.75, 3.05) is 0 Å². The molecule has 0 fully saturated rings. The van der Waals surface area contributed by atoms with E-state index in [2.05, 4.69) is 10.2 Å². The maximum Gasteiger partial charge on any atom is 0.331 e. The summed E-state index contributed by atoms with van der Waals surface area (Å²) in [6.07, 6.45) is 2.01. The summed E-state index contributed by atoms with van der Waals surface area (Å²) in [6, 6.07) is 9.64. The zero-order valence-corrected chi connectivity index (χ0v) is 13.5. The highest BCUT2D eigenvalue weighted by atomic mass is 32.1. The van der Waals surface area contributed by atoms with E-state index in [1.54, 1.807) is 19.1 Å². The second-order valence-corrected chi connectivity index (χ2v) is 5.84. The van der Waals surface area contributed by atoms with Crippen LogP contribution in [-0.4, -0.2) is 16.2 Å². The first-order chi connectivity index (χ1) is 11.6. The van der Waals surface area contributed by atoms with Crippen LogP contribution in [0.15, 0.2) is 52.3 Å². The van der Waals surface area contributed by atoms with Crippen LogP contribution < -0.4 is 0 Å². The standard InChI is InChI=1S/C17H13FN2O3S/c1-11(16-19-20-17(23-16)14-6-3-9-24-14)22-15(21)8-7-12-4-2-5-13(18)10-12/h2-11H,1H3/b8-7+/t11-/m1/s1. The van der Waals surface area contributed by atoms with E-state index >= 15 is 0 Å². The van der Waals surface area contributed by atoms with Crippen LogP contribution in [0.3, 0.4) is 0 Å². The molecule has 24 heavy (non-hydrogen) atoms. The number of carbonyl (C=O) groups excluding carboxylic acids is 1. The van der Waals surface area contributed by atoms with Gasteiger partial charge in [-0.1, -0.05) is 18.2 Å². The Kier molecular flexibility index (Phi) is 4.81. The van der Waals surface area contributed by atoms with E-state index in [1.807, 2.05) is 17.5 Å². The molecule has 3 rings (SSSR count). The van der Waals surface area contributed by atoms with Crippen LogP contribution in [-0.2, 0) is 9.53 Å². The van der Waals surface area contributed by atoms with Gasteiger partial charge in [0.1, 0.15) is 5.82 Å². The summed E-state index contributed by atoms with van der Waals surface area (Å²) >= 11 is 1.48. The lowest BCUT2D eigenvalue weighted by Crippen LogP contribution is -2.06. The average molecular weight is 344 g/mol. The number of halogens is 1. The Bertz CT molecular complexity index is 858. The van der Waals surface area contributed by atoms with E-state index in [-0.39, 0.29) is 11.7 Å². The normalized spacial score (nSPS) is 12.4. The lowest BCUT2D eigenvalue weighted by Gasteiger charge is -2.06. The van der Waals surface area contributed by atoms with Gasteiger partial charge in [0, 0.05) is 6.08 Å². The second kappa shape index (κ2) is 7.18. The van der Waals surface area contributed by atoms with Gasteiger partial charge >= 0.3 is 5.97 Å². The highest BCUT2D eigenvalue weighted by molar-refractivity contribution is 7.13. The molecule has 122 valence electrons. The second-order valence-electron chi connectivity index (χ2n) is 4.89. The zero-order chi connectivity index (χ0) is 16.9. The van der Waals surface area contributed by atoms with Crippen molar-refractivity contribution in [3.63, 3.8) is 0 Å². The lowest BCUT2D eigenvalue weighted by atomic mass is 10.2. The van der Waals surface area contributed by atoms with Crippen molar-refractivity contribution in [1.82, 2.24) is 10.2 Å². The monoisotopic (exact) mass is 344 g/mol. The summed E-state index contributed by atoms with van der Waals surface area (Å²) in [4.78, 5) is 12.7. The number of carbonyl (C=O) groups is 1. The molecular weight excluding hydrogens is 331 g/mol. The van der Waals surface area contributed by atoms with Crippen LogP contribution in [0.25, 0.3) is 16.8 Å². The Balaban J connectivity index is 1.62. The van der Waals surface area contributed by atoms with Crippen LogP contribution >= 0.6 is 11.3 Å². The highest BCUT2D eigenvalue weighted by Gasteiger charge is 2.18. The summed E-state index contributed by atoms with van der Waals surface area (Å²) in [5, 5.41) is 9.73. The first-order valence-electron chi connectivity index (χ1n) is 7.13. The Hall–Kier alpha value is -2.80. The van der Waals surface area contributed by atoms with Crippen molar-refractivity contribution in [2.24, 2.45) is 0 Å². The third kappa shape index (κ3) is 3.94. The van der Waals surface area contributed by atoms with Gasteiger partial charge in [0.05, 0.1) is 4.88 Å². The molecule has 0 N–H and O–H groups in total. The van der Waals surface area contributed by atoms with Crippen molar-refractivity contribution in [1.29, 1.82) is 0 Å². The highest BCUT2D eigenvalue weighted by Crippen LogP contribution is 2.25. The van der Waals surface area contributed by atoms with E-state index < -0.39 is 12.1 Å².